The number of carbonyl (C=O) groups excluding carboxylic acids is 2. The summed E-state index contributed by atoms with van der Waals surface area (Å²) in [6.07, 6.45) is 2.73. The smallest absolute Gasteiger partial charge is 0.339 e. The van der Waals surface area contributed by atoms with Gasteiger partial charge in [-0.1, -0.05) is 36.8 Å². The SMILES string of the molecule is CCN(CC)C(=O)[C@H](OC(=O)c1ccc2c(=O)n3c(nc2c1)CCCCC3)c1ccccc1. The number of aryl methyl sites for hydroxylation is 1. The van der Waals surface area contributed by atoms with Crippen LogP contribution in [0.1, 0.15) is 61.0 Å². The fourth-order valence-corrected chi connectivity index (χ4v) is 4.31. The van der Waals surface area contributed by atoms with Gasteiger partial charge in [0.1, 0.15) is 5.82 Å². The largest absolute Gasteiger partial charge is 0.444 e. The van der Waals surface area contributed by atoms with E-state index in [4.69, 9.17) is 4.74 Å². The standard InChI is InChI=1S/C26H29N3O4/c1-3-28(4-2)25(31)23(18-11-7-5-8-12-18)33-26(32)19-14-15-20-21(17-19)27-22-13-9-6-10-16-29(22)24(20)30/h5,7-8,11-12,14-15,17,23H,3-4,6,9-10,13,16H2,1-2H3/t23-/m1/s1. The minimum atomic E-state index is -1.04. The molecule has 172 valence electrons. The van der Waals surface area contributed by atoms with Crippen LogP contribution in [0.25, 0.3) is 10.9 Å². The van der Waals surface area contributed by atoms with Gasteiger partial charge in [0.25, 0.3) is 11.5 Å². The van der Waals surface area contributed by atoms with Crippen molar-refractivity contribution in [3.05, 3.63) is 75.8 Å². The van der Waals surface area contributed by atoms with E-state index in [1.807, 2.05) is 32.0 Å². The molecule has 1 amide bonds. The number of hydrogen-bond acceptors (Lipinski definition) is 5. The first-order valence-electron chi connectivity index (χ1n) is 11.6. The van der Waals surface area contributed by atoms with Gasteiger partial charge in [0, 0.05) is 31.6 Å². The van der Waals surface area contributed by atoms with Crippen molar-refractivity contribution in [2.24, 2.45) is 0 Å². The van der Waals surface area contributed by atoms with Crippen molar-refractivity contribution in [2.75, 3.05) is 13.1 Å². The average Bonchev–Trinajstić information content (AvgIpc) is 3.09. The highest BCUT2D eigenvalue weighted by Crippen LogP contribution is 2.23. The lowest BCUT2D eigenvalue weighted by molar-refractivity contribution is -0.140. The molecule has 0 saturated heterocycles. The fraction of sp³-hybridized carbons (Fsp3) is 0.385. The number of nitrogens with zero attached hydrogens (tertiary/aromatic N) is 3. The molecule has 7 heteroatoms. The van der Waals surface area contributed by atoms with Crippen LogP contribution in [0.5, 0.6) is 0 Å². The Labute approximate surface area is 193 Å². The van der Waals surface area contributed by atoms with Crippen molar-refractivity contribution in [1.29, 1.82) is 0 Å². The summed E-state index contributed by atoms with van der Waals surface area (Å²) in [5.41, 5.74) is 1.29. The minimum Gasteiger partial charge on any atom is -0.444 e. The predicted octanol–water partition coefficient (Wildman–Crippen LogP) is 3.89. The van der Waals surface area contributed by atoms with E-state index >= 15 is 0 Å². The van der Waals surface area contributed by atoms with Crippen LogP contribution in [-0.4, -0.2) is 39.4 Å². The molecule has 0 bridgehead atoms. The zero-order chi connectivity index (χ0) is 23.4. The van der Waals surface area contributed by atoms with Crippen LogP contribution in [0.3, 0.4) is 0 Å². The number of esters is 1. The van der Waals surface area contributed by atoms with Gasteiger partial charge in [0.15, 0.2) is 0 Å². The summed E-state index contributed by atoms with van der Waals surface area (Å²) in [5, 5.41) is 0.482. The highest BCUT2D eigenvalue weighted by Gasteiger charge is 2.29. The lowest BCUT2D eigenvalue weighted by Gasteiger charge is -2.25. The lowest BCUT2D eigenvalue weighted by Crippen LogP contribution is -2.36. The van der Waals surface area contributed by atoms with Gasteiger partial charge in [-0.25, -0.2) is 9.78 Å². The van der Waals surface area contributed by atoms with E-state index in [-0.39, 0.29) is 17.0 Å². The second-order valence-corrected chi connectivity index (χ2v) is 8.23. The van der Waals surface area contributed by atoms with Gasteiger partial charge in [0.05, 0.1) is 16.5 Å². The van der Waals surface area contributed by atoms with Crippen LogP contribution in [0, 0.1) is 0 Å². The minimum absolute atomic E-state index is 0.0734. The topological polar surface area (TPSA) is 81.5 Å². The molecule has 2 aromatic carbocycles. The van der Waals surface area contributed by atoms with E-state index in [9.17, 15) is 14.4 Å². The van der Waals surface area contributed by atoms with Crippen molar-refractivity contribution in [1.82, 2.24) is 14.5 Å². The van der Waals surface area contributed by atoms with E-state index in [1.54, 1.807) is 39.8 Å². The van der Waals surface area contributed by atoms with Crippen molar-refractivity contribution in [3.63, 3.8) is 0 Å². The molecule has 0 N–H and O–H groups in total. The van der Waals surface area contributed by atoms with Crippen LogP contribution >= 0.6 is 0 Å². The monoisotopic (exact) mass is 447 g/mol. The summed E-state index contributed by atoms with van der Waals surface area (Å²) in [5.74, 6) is -0.125. The van der Waals surface area contributed by atoms with Crippen LogP contribution in [-0.2, 0) is 22.5 Å². The Bertz CT molecular complexity index is 1220. The first-order valence-corrected chi connectivity index (χ1v) is 11.6. The normalized spacial score (nSPS) is 14.2. The number of likely N-dealkylation sites (N-methyl/N-ethyl adjacent to an activating group) is 1. The Morgan fingerprint density at radius 3 is 2.55 bits per heavy atom. The van der Waals surface area contributed by atoms with Crippen molar-refractivity contribution in [2.45, 2.75) is 52.2 Å². The number of hydrogen-bond donors (Lipinski definition) is 0. The number of fused-ring (bicyclic) bond motifs is 2. The molecule has 0 spiro atoms. The summed E-state index contributed by atoms with van der Waals surface area (Å²) in [6.45, 7) is 5.49. The quantitative estimate of drug-likeness (QED) is 0.536. The second-order valence-electron chi connectivity index (χ2n) is 8.23. The molecule has 33 heavy (non-hydrogen) atoms. The van der Waals surface area contributed by atoms with E-state index in [2.05, 4.69) is 4.98 Å². The predicted molar refractivity (Wildman–Crippen MR) is 126 cm³/mol. The molecule has 0 aliphatic carbocycles. The van der Waals surface area contributed by atoms with Crippen LogP contribution in [0.2, 0.25) is 0 Å². The summed E-state index contributed by atoms with van der Waals surface area (Å²) in [4.78, 5) is 45.5. The fourth-order valence-electron chi connectivity index (χ4n) is 4.31. The molecule has 1 aliphatic rings. The zero-order valence-corrected chi connectivity index (χ0v) is 19.1. The van der Waals surface area contributed by atoms with Gasteiger partial charge in [-0.15, -0.1) is 0 Å². The van der Waals surface area contributed by atoms with Gasteiger partial charge in [-0.05, 0) is 44.9 Å². The average molecular weight is 448 g/mol. The van der Waals surface area contributed by atoms with Crippen molar-refractivity contribution >= 4 is 22.8 Å². The van der Waals surface area contributed by atoms with Gasteiger partial charge in [-0.2, -0.15) is 0 Å². The van der Waals surface area contributed by atoms with Gasteiger partial charge >= 0.3 is 5.97 Å². The molecular formula is C26H29N3O4. The molecule has 0 unspecified atom stereocenters. The highest BCUT2D eigenvalue weighted by atomic mass is 16.5. The molecule has 7 nitrogen and oxygen atoms in total. The Kier molecular flexibility index (Phi) is 6.87. The third kappa shape index (κ3) is 4.67. The number of rotatable bonds is 6. The molecule has 1 aromatic heterocycles. The van der Waals surface area contributed by atoms with Crippen LogP contribution < -0.4 is 5.56 Å². The summed E-state index contributed by atoms with van der Waals surface area (Å²) < 4.78 is 7.49. The maximum Gasteiger partial charge on any atom is 0.339 e. The number of aromatic nitrogens is 2. The second kappa shape index (κ2) is 9.98. The lowest BCUT2D eigenvalue weighted by atomic mass is 10.1. The zero-order valence-electron chi connectivity index (χ0n) is 19.1. The molecule has 4 rings (SSSR count). The molecule has 1 aliphatic heterocycles. The Morgan fingerprint density at radius 1 is 1.06 bits per heavy atom. The summed E-state index contributed by atoms with van der Waals surface area (Å²) in [6, 6.07) is 13.8. The number of benzene rings is 2. The number of ether oxygens (including phenoxy) is 1. The highest BCUT2D eigenvalue weighted by molar-refractivity contribution is 5.96. The Hall–Kier alpha value is -3.48. The summed E-state index contributed by atoms with van der Waals surface area (Å²) in [7, 11) is 0. The molecule has 0 radical (unpaired) electrons. The number of carbonyl (C=O) groups is 2. The first-order chi connectivity index (χ1) is 16.0. The van der Waals surface area contributed by atoms with E-state index in [0.29, 0.717) is 36.1 Å². The van der Waals surface area contributed by atoms with Crippen molar-refractivity contribution < 1.29 is 14.3 Å². The third-order valence-corrected chi connectivity index (χ3v) is 6.18. The Morgan fingerprint density at radius 2 is 1.82 bits per heavy atom. The van der Waals surface area contributed by atoms with E-state index < -0.39 is 12.1 Å². The maximum absolute atomic E-state index is 13.1. The molecule has 3 aromatic rings. The summed E-state index contributed by atoms with van der Waals surface area (Å²) >= 11 is 0. The number of amides is 1. The van der Waals surface area contributed by atoms with Crippen LogP contribution in [0.4, 0.5) is 0 Å². The molecule has 1 atom stereocenters. The Balaban J connectivity index is 1.67. The van der Waals surface area contributed by atoms with Crippen molar-refractivity contribution in [3.8, 4) is 0 Å². The van der Waals surface area contributed by atoms with Crippen LogP contribution in [0.15, 0.2) is 53.3 Å². The van der Waals surface area contributed by atoms with Gasteiger partial charge in [0.2, 0.25) is 6.10 Å². The van der Waals surface area contributed by atoms with E-state index in [0.717, 1.165) is 31.5 Å². The first kappa shape index (κ1) is 22.7. The maximum atomic E-state index is 13.1. The van der Waals surface area contributed by atoms with Gasteiger partial charge < -0.3 is 9.64 Å². The molecular weight excluding hydrogens is 418 g/mol. The molecule has 0 fully saturated rings. The molecule has 0 saturated carbocycles. The molecule has 2 heterocycles. The third-order valence-electron chi connectivity index (χ3n) is 6.18. The van der Waals surface area contributed by atoms with Gasteiger partial charge in [-0.3, -0.25) is 14.2 Å². The van der Waals surface area contributed by atoms with E-state index in [1.165, 1.54) is 0 Å².